The molecule has 6 nitrogen and oxygen atoms in total. The van der Waals surface area contributed by atoms with E-state index < -0.39 is 5.97 Å². The van der Waals surface area contributed by atoms with Crippen molar-refractivity contribution in [1.29, 1.82) is 0 Å². The normalized spacial score (nSPS) is 11.0. The van der Waals surface area contributed by atoms with E-state index in [0.717, 1.165) is 10.7 Å². The monoisotopic (exact) mass is 274 g/mol. The Morgan fingerprint density at radius 2 is 2.32 bits per heavy atom. The summed E-state index contributed by atoms with van der Waals surface area (Å²) in [4.78, 5) is 15.6. The van der Waals surface area contributed by atoms with E-state index in [1.807, 2.05) is 12.3 Å². The van der Waals surface area contributed by atoms with E-state index >= 15 is 0 Å². The largest absolute Gasteiger partial charge is 0.478 e. The summed E-state index contributed by atoms with van der Waals surface area (Å²) in [7, 11) is 0. The summed E-state index contributed by atoms with van der Waals surface area (Å²) < 4.78 is 1.58. The van der Waals surface area contributed by atoms with Crippen molar-refractivity contribution < 1.29 is 9.90 Å². The molecule has 7 heteroatoms. The lowest BCUT2D eigenvalue weighted by atomic mass is 10.2. The molecule has 0 saturated carbocycles. The van der Waals surface area contributed by atoms with Crippen molar-refractivity contribution in [3.05, 3.63) is 39.8 Å². The second-order valence-corrected chi connectivity index (χ2v) is 5.15. The Bertz CT molecular complexity index is 762. The summed E-state index contributed by atoms with van der Waals surface area (Å²) in [5.74, 6) is -0.983. The molecule has 3 aromatic rings. The number of aryl methyl sites for hydroxylation is 1. The summed E-state index contributed by atoms with van der Waals surface area (Å²) in [6.07, 6.45) is 0. The highest BCUT2D eigenvalue weighted by Gasteiger charge is 2.15. The minimum atomic E-state index is -0.983. The SMILES string of the molecule is Cc1nc(Cn2nnc3cccc(C(=O)O)c32)cs1. The fourth-order valence-corrected chi connectivity index (χ4v) is 2.55. The number of rotatable bonds is 3. The van der Waals surface area contributed by atoms with Crippen LogP contribution in [-0.4, -0.2) is 31.1 Å². The molecule has 0 fully saturated rings. The van der Waals surface area contributed by atoms with Crippen molar-refractivity contribution in [2.75, 3.05) is 0 Å². The van der Waals surface area contributed by atoms with Crippen molar-refractivity contribution in [1.82, 2.24) is 20.0 Å². The highest BCUT2D eigenvalue weighted by molar-refractivity contribution is 7.09. The predicted octanol–water partition coefficient (Wildman–Crippen LogP) is 1.94. The van der Waals surface area contributed by atoms with Crippen LogP contribution in [0.4, 0.5) is 0 Å². The number of aromatic nitrogens is 4. The maximum Gasteiger partial charge on any atom is 0.337 e. The number of thiazole rings is 1. The van der Waals surface area contributed by atoms with Crippen LogP contribution in [0.2, 0.25) is 0 Å². The minimum Gasteiger partial charge on any atom is -0.478 e. The van der Waals surface area contributed by atoms with Crippen LogP contribution in [0.15, 0.2) is 23.6 Å². The zero-order valence-corrected chi connectivity index (χ0v) is 10.9. The van der Waals surface area contributed by atoms with Crippen molar-refractivity contribution in [3.8, 4) is 0 Å². The topological polar surface area (TPSA) is 80.9 Å². The third-order valence-electron chi connectivity index (χ3n) is 2.74. The number of carboxylic acids is 1. The van der Waals surface area contributed by atoms with Gasteiger partial charge in [0, 0.05) is 5.38 Å². The molecular weight excluding hydrogens is 264 g/mol. The van der Waals surface area contributed by atoms with Crippen molar-refractivity contribution in [3.63, 3.8) is 0 Å². The Labute approximate surface area is 112 Å². The molecule has 0 unspecified atom stereocenters. The molecule has 0 aliphatic carbocycles. The van der Waals surface area contributed by atoms with Gasteiger partial charge >= 0.3 is 5.97 Å². The van der Waals surface area contributed by atoms with Gasteiger partial charge in [-0.2, -0.15) is 0 Å². The molecule has 3 rings (SSSR count). The Balaban J connectivity index is 2.11. The molecule has 0 aliphatic rings. The van der Waals surface area contributed by atoms with E-state index in [-0.39, 0.29) is 5.56 Å². The molecule has 0 amide bonds. The van der Waals surface area contributed by atoms with Gasteiger partial charge in [0.2, 0.25) is 0 Å². The van der Waals surface area contributed by atoms with Gasteiger partial charge < -0.3 is 5.11 Å². The van der Waals surface area contributed by atoms with Crippen LogP contribution >= 0.6 is 11.3 Å². The van der Waals surface area contributed by atoms with Crippen LogP contribution in [0.5, 0.6) is 0 Å². The molecule has 19 heavy (non-hydrogen) atoms. The van der Waals surface area contributed by atoms with Gasteiger partial charge in [-0.1, -0.05) is 11.3 Å². The fourth-order valence-electron chi connectivity index (χ4n) is 1.95. The number of carbonyl (C=O) groups is 1. The van der Waals surface area contributed by atoms with Crippen molar-refractivity contribution in [2.24, 2.45) is 0 Å². The van der Waals surface area contributed by atoms with Gasteiger partial charge in [-0.3, -0.25) is 0 Å². The van der Waals surface area contributed by atoms with E-state index in [0.29, 0.717) is 17.6 Å². The Morgan fingerprint density at radius 3 is 3.00 bits per heavy atom. The maximum absolute atomic E-state index is 11.2. The van der Waals surface area contributed by atoms with Gasteiger partial charge in [0.05, 0.1) is 22.8 Å². The highest BCUT2D eigenvalue weighted by atomic mass is 32.1. The molecule has 0 saturated heterocycles. The van der Waals surface area contributed by atoms with E-state index in [4.69, 9.17) is 0 Å². The van der Waals surface area contributed by atoms with Crippen LogP contribution in [0.25, 0.3) is 11.0 Å². The lowest BCUT2D eigenvalue weighted by Gasteiger charge is -2.02. The molecule has 2 aromatic heterocycles. The Hall–Kier alpha value is -2.28. The van der Waals surface area contributed by atoms with Gasteiger partial charge in [0.1, 0.15) is 11.0 Å². The summed E-state index contributed by atoms with van der Waals surface area (Å²) >= 11 is 1.55. The zero-order valence-electron chi connectivity index (χ0n) is 10.1. The molecule has 0 aliphatic heterocycles. The molecule has 0 bridgehead atoms. The first-order chi connectivity index (χ1) is 9.15. The second-order valence-electron chi connectivity index (χ2n) is 4.08. The van der Waals surface area contributed by atoms with Crippen LogP contribution in [0.3, 0.4) is 0 Å². The minimum absolute atomic E-state index is 0.203. The number of para-hydroxylation sites is 1. The Kier molecular flexibility index (Phi) is 2.75. The summed E-state index contributed by atoms with van der Waals surface area (Å²) in [6, 6.07) is 4.96. The van der Waals surface area contributed by atoms with Crippen molar-refractivity contribution >= 4 is 28.3 Å². The molecular formula is C12H10N4O2S. The molecule has 96 valence electrons. The van der Waals surface area contributed by atoms with Gasteiger partial charge in [-0.25, -0.2) is 14.5 Å². The lowest BCUT2D eigenvalue weighted by molar-refractivity contribution is 0.0698. The first kappa shape index (κ1) is 11.8. The van der Waals surface area contributed by atoms with Crippen molar-refractivity contribution in [2.45, 2.75) is 13.5 Å². The standard InChI is InChI=1S/C12H10N4O2S/c1-7-13-8(6-19-7)5-16-11-9(12(17)18)3-2-4-10(11)14-15-16/h2-4,6H,5H2,1H3,(H,17,18). The molecule has 0 radical (unpaired) electrons. The molecule has 1 N–H and O–H groups in total. The average molecular weight is 274 g/mol. The summed E-state index contributed by atoms with van der Waals surface area (Å²) in [6.45, 7) is 2.35. The second kappa shape index (κ2) is 4.43. The predicted molar refractivity (Wildman–Crippen MR) is 70.4 cm³/mol. The third-order valence-corrected chi connectivity index (χ3v) is 3.56. The van der Waals surface area contributed by atoms with Gasteiger partial charge in [-0.05, 0) is 19.1 Å². The first-order valence-corrected chi connectivity index (χ1v) is 6.49. The van der Waals surface area contributed by atoms with Gasteiger partial charge in [0.25, 0.3) is 0 Å². The van der Waals surface area contributed by atoms with E-state index in [1.54, 1.807) is 34.2 Å². The van der Waals surface area contributed by atoms with Gasteiger partial charge in [0.15, 0.2) is 0 Å². The van der Waals surface area contributed by atoms with E-state index in [1.165, 1.54) is 0 Å². The number of aromatic carboxylic acids is 1. The van der Waals surface area contributed by atoms with Gasteiger partial charge in [-0.15, -0.1) is 16.4 Å². The zero-order chi connectivity index (χ0) is 13.4. The lowest BCUT2D eigenvalue weighted by Crippen LogP contribution is -2.06. The van der Waals surface area contributed by atoms with E-state index in [2.05, 4.69) is 15.3 Å². The van der Waals surface area contributed by atoms with Crippen LogP contribution < -0.4 is 0 Å². The summed E-state index contributed by atoms with van der Waals surface area (Å²) in [5.41, 5.74) is 2.16. The van der Waals surface area contributed by atoms with Crippen LogP contribution in [0.1, 0.15) is 21.1 Å². The molecule has 0 spiro atoms. The number of hydrogen-bond donors (Lipinski definition) is 1. The average Bonchev–Trinajstić information content (AvgIpc) is 2.97. The van der Waals surface area contributed by atoms with Crippen LogP contribution in [0, 0.1) is 6.92 Å². The molecule has 2 heterocycles. The first-order valence-electron chi connectivity index (χ1n) is 5.61. The molecule has 1 aromatic carbocycles. The fraction of sp³-hybridized carbons (Fsp3) is 0.167. The number of carboxylic acid groups (broad SMARTS) is 1. The third kappa shape index (κ3) is 2.08. The summed E-state index contributed by atoms with van der Waals surface area (Å²) in [5, 5.41) is 20.1. The number of hydrogen-bond acceptors (Lipinski definition) is 5. The molecule has 0 atom stereocenters. The number of nitrogens with zero attached hydrogens (tertiary/aromatic N) is 4. The number of benzene rings is 1. The quantitative estimate of drug-likeness (QED) is 0.789. The highest BCUT2D eigenvalue weighted by Crippen LogP contribution is 2.18. The Morgan fingerprint density at radius 1 is 1.47 bits per heavy atom. The smallest absolute Gasteiger partial charge is 0.337 e. The van der Waals surface area contributed by atoms with E-state index in [9.17, 15) is 9.90 Å². The van der Waals surface area contributed by atoms with Crippen LogP contribution in [-0.2, 0) is 6.54 Å². The number of fused-ring (bicyclic) bond motifs is 1. The maximum atomic E-state index is 11.2.